The highest BCUT2D eigenvalue weighted by atomic mass is 16.3. The van der Waals surface area contributed by atoms with Gasteiger partial charge in [-0.05, 0) is 12.2 Å². The van der Waals surface area contributed by atoms with E-state index in [0.29, 0.717) is 0 Å². The third-order valence-corrected chi connectivity index (χ3v) is 1.83. The number of hydrogen-bond acceptors (Lipinski definition) is 4. The molecule has 2 aliphatic rings. The first-order valence-corrected chi connectivity index (χ1v) is 4.36. The second-order valence-corrected chi connectivity index (χ2v) is 3.19. The SMILES string of the molecule is O=C1C=CC(O)C1.O=C1C=CC(O)C1. The van der Waals surface area contributed by atoms with Gasteiger partial charge in [-0.2, -0.15) is 0 Å². The van der Waals surface area contributed by atoms with E-state index in [4.69, 9.17) is 10.2 Å². The van der Waals surface area contributed by atoms with Crippen LogP contribution in [-0.4, -0.2) is 34.0 Å². The second kappa shape index (κ2) is 4.83. The molecule has 0 radical (unpaired) electrons. The summed E-state index contributed by atoms with van der Waals surface area (Å²) in [7, 11) is 0. The van der Waals surface area contributed by atoms with E-state index in [1.165, 1.54) is 24.3 Å². The van der Waals surface area contributed by atoms with Crippen LogP contribution in [0.4, 0.5) is 0 Å². The molecular formula is C10H12O4. The first kappa shape index (κ1) is 10.8. The minimum atomic E-state index is -0.507. The summed E-state index contributed by atoms with van der Waals surface area (Å²) in [5, 5.41) is 17.2. The molecule has 2 aliphatic carbocycles. The standard InChI is InChI=1S/2C5H6O2/c2*6-4-1-2-5(7)3-4/h2*1-2,4,6H,3H2. The Morgan fingerprint density at radius 1 is 0.929 bits per heavy atom. The summed E-state index contributed by atoms with van der Waals surface area (Å²) in [5.74, 6) is 0.0417. The lowest BCUT2D eigenvalue weighted by Gasteiger charge is -1.88. The second-order valence-electron chi connectivity index (χ2n) is 3.19. The molecule has 2 rings (SSSR count). The molecule has 2 atom stereocenters. The van der Waals surface area contributed by atoms with E-state index in [0.717, 1.165) is 0 Å². The maximum atomic E-state index is 10.2. The van der Waals surface area contributed by atoms with Crippen molar-refractivity contribution >= 4 is 11.6 Å². The van der Waals surface area contributed by atoms with Crippen LogP contribution in [0.2, 0.25) is 0 Å². The van der Waals surface area contributed by atoms with Crippen molar-refractivity contribution in [3.63, 3.8) is 0 Å². The first-order chi connectivity index (χ1) is 6.58. The van der Waals surface area contributed by atoms with Gasteiger partial charge in [0.2, 0.25) is 0 Å². The molecule has 0 aromatic heterocycles. The van der Waals surface area contributed by atoms with Gasteiger partial charge in [0, 0.05) is 12.8 Å². The Hall–Kier alpha value is -1.26. The molecule has 0 spiro atoms. The van der Waals surface area contributed by atoms with Gasteiger partial charge in [0.15, 0.2) is 11.6 Å². The summed E-state index contributed by atoms with van der Waals surface area (Å²) in [5.41, 5.74) is 0. The van der Waals surface area contributed by atoms with Crippen molar-refractivity contribution < 1.29 is 19.8 Å². The average Bonchev–Trinajstić information content (AvgIpc) is 2.63. The van der Waals surface area contributed by atoms with Crippen LogP contribution in [0.25, 0.3) is 0 Å². The molecule has 0 saturated heterocycles. The minimum Gasteiger partial charge on any atom is -0.389 e. The Kier molecular flexibility index (Phi) is 3.73. The Bertz CT molecular complexity index is 260. The molecule has 4 nitrogen and oxygen atoms in total. The number of rotatable bonds is 0. The van der Waals surface area contributed by atoms with Crippen LogP contribution in [-0.2, 0) is 9.59 Å². The van der Waals surface area contributed by atoms with Gasteiger partial charge in [0.1, 0.15) is 0 Å². The van der Waals surface area contributed by atoms with Crippen LogP contribution in [0.5, 0.6) is 0 Å². The van der Waals surface area contributed by atoms with Crippen molar-refractivity contribution in [3.8, 4) is 0 Å². The smallest absolute Gasteiger partial charge is 0.158 e. The zero-order valence-corrected chi connectivity index (χ0v) is 7.59. The summed E-state index contributed by atoms with van der Waals surface area (Å²) in [4.78, 5) is 20.4. The van der Waals surface area contributed by atoms with Gasteiger partial charge >= 0.3 is 0 Å². The van der Waals surface area contributed by atoms with Crippen molar-refractivity contribution in [2.45, 2.75) is 25.0 Å². The molecule has 0 saturated carbocycles. The molecule has 0 fully saturated rings. The highest BCUT2D eigenvalue weighted by molar-refractivity contribution is 5.93. The lowest BCUT2D eigenvalue weighted by Crippen LogP contribution is -1.99. The number of aliphatic hydroxyl groups is 2. The van der Waals surface area contributed by atoms with Gasteiger partial charge in [-0.3, -0.25) is 9.59 Å². The van der Waals surface area contributed by atoms with Crippen LogP contribution < -0.4 is 0 Å². The molecule has 0 aromatic carbocycles. The number of carbonyl (C=O) groups excluding carboxylic acids is 2. The Labute approximate surface area is 81.6 Å². The molecule has 0 heterocycles. The number of aliphatic hydroxyl groups excluding tert-OH is 2. The largest absolute Gasteiger partial charge is 0.389 e. The van der Waals surface area contributed by atoms with E-state index in [2.05, 4.69) is 0 Å². The third kappa shape index (κ3) is 3.64. The summed E-state index contributed by atoms with van der Waals surface area (Å²) in [6.07, 6.45) is 5.36. The number of carbonyl (C=O) groups is 2. The maximum absolute atomic E-state index is 10.2. The maximum Gasteiger partial charge on any atom is 0.158 e. The van der Waals surface area contributed by atoms with Gasteiger partial charge < -0.3 is 10.2 Å². The molecule has 76 valence electrons. The molecule has 4 heteroatoms. The lowest BCUT2D eigenvalue weighted by molar-refractivity contribution is -0.115. The summed E-state index contributed by atoms with van der Waals surface area (Å²) in [6, 6.07) is 0. The van der Waals surface area contributed by atoms with Crippen LogP contribution in [0.1, 0.15) is 12.8 Å². The number of allylic oxidation sites excluding steroid dienone is 2. The predicted octanol–water partition coefficient (Wildman–Crippen LogP) is -0.247. The monoisotopic (exact) mass is 196 g/mol. The van der Waals surface area contributed by atoms with Gasteiger partial charge in [-0.1, -0.05) is 12.2 Å². The molecule has 0 amide bonds. The van der Waals surface area contributed by atoms with E-state index >= 15 is 0 Å². The Morgan fingerprint density at radius 2 is 1.29 bits per heavy atom. The predicted molar refractivity (Wildman–Crippen MR) is 49.5 cm³/mol. The fourth-order valence-corrected chi connectivity index (χ4v) is 1.12. The molecule has 2 N–H and O–H groups in total. The number of hydrogen-bond donors (Lipinski definition) is 2. The highest BCUT2D eigenvalue weighted by Gasteiger charge is 2.11. The molecule has 2 unspecified atom stereocenters. The summed E-state index contributed by atoms with van der Waals surface area (Å²) >= 11 is 0. The molecule has 0 bridgehead atoms. The fourth-order valence-electron chi connectivity index (χ4n) is 1.12. The van der Waals surface area contributed by atoms with Crippen LogP contribution >= 0.6 is 0 Å². The zero-order chi connectivity index (χ0) is 10.6. The normalized spacial score (nSPS) is 29.3. The van der Waals surface area contributed by atoms with E-state index < -0.39 is 12.2 Å². The minimum absolute atomic E-state index is 0.0208. The zero-order valence-electron chi connectivity index (χ0n) is 7.59. The molecular weight excluding hydrogens is 184 g/mol. The van der Waals surface area contributed by atoms with Gasteiger partial charge in [0.05, 0.1) is 12.2 Å². The van der Waals surface area contributed by atoms with E-state index in [9.17, 15) is 9.59 Å². The van der Waals surface area contributed by atoms with Crippen molar-refractivity contribution in [2.24, 2.45) is 0 Å². The summed E-state index contributed by atoms with van der Waals surface area (Å²) < 4.78 is 0. The van der Waals surface area contributed by atoms with Crippen LogP contribution in [0, 0.1) is 0 Å². The van der Waals surface area contributed by atoms with Crippen molar-refractivity contribution in [2.75, 3.05) is 0 Å². The lowest BCUT2D eigenvalue weighted by atomic mass is 10.3. The van der Waals surface area contributed by atoms with Gasteiger partial charge in [-0.25, -0.2) is 0 Å². The van der Waals surface area contributed by atoms with Gasteiger partial charge in [-0.15, -0.1) is 0 Å². The first-order valence-electron chi connectivity index (χ1n) is 4.36. The van der Waals surface area contributed by atoms with E-state index in [1.54, 1.807) is 0 Å². The van der Waals surface area contributed by atoms with Crippen molar-refractivity contribution in [1.82, 2.24) is 0 Å². The van der Waals surface area contributed by atoms with Crippen molar-refractivity contribution in [1.29, 1.82) is 0 Å². The molecule has 0 aliphatic heterocycles. The van der Waals surface area contributed by atoms with Crippen LogP contribution in [0.3, 0.4) is 0 Å². The quantitative estimate of drug-likeness (QED) is 0.560. The molecule has 0 aromatic rings. The average molecular weight is 196 g/mol. The topological polar surface area (TPSA) is 74.6 Å². The summed E-state index contributed by atoms with van der Waals surface area (Å²) in [6.45, 7) is 0. The van der Waals surface area contributed by atoms with Crippen molar-refractivity contribution in [3.05, 3.63) is 24.3 Å². The molecule has 14 heavy (non-hydrogen) atoms. The Balaban J connectivity index is 0.000000140. The number of ketones is 2. The Morgan fingerprint density at radius 3 is 1.36 bits per heavy atom. The van der Waals surface area contributed by atoms with E-state index in [-0.39, 0.29) is 24.4 Å². The van der Waals surface area contributed by atoms with Gasteiger partial charge in [0.25, 0.3) is 0 Å². The fraction of sp³-hybridized carbons (Fsp3) is 0.400. The van der Waals surface area contributed by atoms with E-state index in [1.807, 2.05) is 0 Å². The third-order valence-electron chi connectivity index (χ3n) is 1.83. The highest BCUT2D eigenvalue weighted by Crippen LogP contribution is 2.03. The van der Waals surface area contributed by atoms with Crippen LogP contribution in [0.15, 0.2) is 24.3 Å².